The fourth-order valence-corrected chi connectivity index (χ4v) is 7.30. The standard InChI is InChI=1S/C44H28N6O6/c51-49(52)31-8-16-35(17-9-31)55-33-12-1-26(2-13-33)43-37-20-5-28(45-37)23-29-6-22-39(46-29)44(42-25-41-40(48(41)42)24-30-7-21-38(43)47-30)27-3-14-34(15-4-27)56-36-18-10-32(11-19-36)50(53)54/h1-25,40-41,45H/b28-23-,30-24-,43-37-,44-39-. The molecule has 0 radical (unpaired) electrons. The van der Waals surface area contributed by atoms with Crippen molar-refractivity contribution in [3.05, 3.63) is 205 Å². The number of nitro benzene ring substituents is 2. The van der Waals surface area contributed by atoms with Crippen LogP contribution in [0.1, 0.15) is 11.1 Å². The number of hydrogen-bond acceptors (Lipinski definition) is 9. The molecule has 1 saturated heterocycles. The van der Waals surface area contributed by atoms with E-state index in [4.69, 9.17) is 19.5 Å². The normalized spacial score (nSPS) is 22.4. The fourth-order valence-electron chi connectivity index (χ4n) is 7.30. The van der Waals surface area contributed by atoms with Crippen LogP contribution in [-0.4, -0.2) is 43.2 Å². The second kappa shape index (κ2) is 12.9. The van der Waals surface area contributed by atoms with Crippen LogP contribution in [0.5, 0.6) is 23.0 Å². The van der Waals surface area contributed by atoms with Gasteiger partial charge in [0, 0.05) is 51.8 Å². The van der Waals surface area contributed by atoms with Crippen LogP contribution in [0.2, 0.25) is 0 Å². The Morgan fingerprint density at radius 3 is 1.73 bits per heavy atom. The first-order valence-corrected chi connectivity index (χ1v) is 17.8. The SMILES string of the molecule is O=[N+]([O-])c1ccc(Oc2ccc(/C3=C4\C=CC(=N4)/C=c4/cc/c([nH]4)=C(\c4ccc(Oc5ccc([N+](=O)[O-])cc5)cc4)C4=N/C(=C\C5C6C=C3N65)C=C4)cc2)cc1. The summed E-state index contributed by atoms with van der Waals surface area (Å²) in [7, 11) is 0. The first-order chi connectivity index (χ1) is 27.3. The van der Waals surface area contributed by atoms with Crippen LogP contribution in [0.25, 0.3) is 17.2 Å². The topological polar surface area (TPSA) is 148 Å². The summed E-state index contributed by atoms with van der Waals surface area (Å²) in [5.74, 6) is 2.23. The Labute approximate surface area is 318 Å². The fraction of sp³-hybridized carbons (Fsp3) is 0.0455. The van der Waals surface area contributed by atoms with Gasteiger partial charge in [0.1, 0.15) is 23.0 Å². The number of nitro groups is 2. The molecule has 5 aliphatic rings. The molecule has 0 aliphatic carbocycles. The van der Waals surface area contributed by atoms with Crippen molar-refractivity contribution in [2.45, 2.75) is 12.1 Å². The van der Waals surface area contributed by atoms with Crippen molar-refractivity contribution in [2.24, 2.45) is 9.98 Å². The summed E-state index contributed by atoms with van der Waals surface area (Å²) in [5, 5.41) is 23.9. The van der Waals surface area contributed by atoms with E-state index in [-0.39, 0.29) is 23.5 Å². The Balaban J connectivity index is 0.987. The molecule has 12 heteroatoms. The minimum absolute atomic E-state index is 0.00389. The summed E-state index contributed by atoms with van der Waals surface area (Å²) < 4.78 is 12.0. The van der Waals surface area contributed by atoms with E-state index in [1.54, 1.807) is 24.3 Å². The molecule has 4 aromatic carbocycles. The zero-order valence-electron chi connectivity index (χ0n) is 29.3. The van der Waals surface area contributed by atoms with Gasteiger partial charge >= 0.3 is 0 Å². The number of H-pyrrole nitrogens is 1. The second-order valence-electron chi connectivity index (χ2n) is 13.6. The van der Waals surface area contributed by atoms with Crippen LogP contribution in [0.15, 0.2) is 173 Å². The van der Waals surface area contributed by atoms with Gasteiger partial charge in [0.15, 0.2) is 0 Å². The summed E-state index contributed by atoms with van der Waals surface area (Å²) in [4.78, 5) is 37.3. The lowest BCUT2D eigenvalue weighted by Crippen LogP contribution is -2.18. The molecule has 1 fully saturated rings. The zero-order valence-corrected chi connectivity index (χ0v) is 29.3. The number of ether oxygens (including phenoxy) is 2. The van der Waals surface area contributed by atoms with E-state index in [1.165, 1.54) is 24.3 Å². The van der Waals surface area contributed by atoms with Crippen molar-refractivity contribution in [1.29, 1.82) is 0 Å². The van der Waals surface area contributed by atoms with Gasteiger partial charge in [-0.3, -0.25) is 20.2 Å². The van der Waals surface area contributed by atoms with Crippen LogP contribution in [0.4, 0.5) is 11.4 Å². The molecular weight excluding hydrogens is 709 g/mol. The predicted molar refractivity (Wildman–Crippen MR) is 212 cm³/mol. The van der Waals surface area contributed by atoms with E-state index >= 15 is 0 Å². The molecule has 2 unspecified atom stereocenters. The maximum Gasteiger partial charge on any atom is 0.269 e. The number of aromatic amines is 1. The van der Waals surface area contributed by atoms with Crippen molar-refractivity contribution in [2.75, 3.05) is 0 Å². The lowest BCUT2D eigenvalue weighted by atomic mass is 9.97. The first-order valence-electron chi connectivity index (χ1n) is 17.8. The third kappa shape index (κ3) is 6.00. The largest absolute Gasteiger partial charge is 0.457 e. The minimum atomic E-state index is -0.439. The average molecular weight is 737 g/mol. The molecule has 270 valence electrons. The van der Waals surface area contributed by atoms with Crippen molar-refractivity contribution in [3.63, 3.8) is 0 Å². The highest BCUT2D eigenvalue weighted by molar-refractivity contribution is 6.30. The maximum absolute atomic E-state index is 11.0. The number of nitrogens with zero attached hydrogens (tertiary/aromatic N) is 5. The first kappa shape index (κ1) is 32.8. The van der Waals surface area contributed by atoms with Crippen LogP contribution in [0.3, 0.4) is 0 Å². The van der Waals surface area contributed by atoms with E-state index in [1.807, 2.05) is 91.0 Å². The molecule has 56 heavy (non-hydrogen) atoms. The molecule has 0 saturated carbocycles. The zero-order chi connectivity index (χ0) is 37.9. The monoisotopic (exact) mass is 736 g/mol. The van der Waals surface area contributed by atoms with Gasteiger partial charge in [0.2, 0.25) is 0 Å². The van der Waals surface area contributed by atoms with Crippen molar-refractivity contribution >= 4 is 40.0 Å². The highest BCUT2D eigenvalue weighted by Crippen LogP contribution is 2.51. The van der Waals surface area contributed by atoms with E-state index in [0.29, 0.717) is 23.0 Å². The second-order valence-corrected chi connectivity index (χ2v) is 13.6. The highest BCUT2D eigenvalue weighted by Gasteiger charge is 2.54. The van der Waals surface area contributed by atoms with Crippen LogP contribution in [0, 0.1) is 20.2 Å². The molecule has 0 spiro atoms. The van der Waals surface area contributed by atoms with Gasteiger partial charge in [-0.05, 0) is 114 Å². The quantitative estimate of drug-likeness (QED) is 0.0976. The lowest BCUT2D eigenvalue weighted by molar-refractivity contribution is -0.385. The minimum Gasteiger partial charge on any atom is -0.457 e. The number of aliphatic imine (C=N–C) groups is 2. The Hall–Kier alpha value is -7.86. The summed E-state index contributed by atoms with van der Waals surface area (Å²) in [5.41, 5.74) is 8.38. The lowest BCUT2D eigenvalue weighted by Gasteiger charge is -2.22. The van der Waals surface area contributed by atoms with Gasteiger partial charge in [-0.1, -0.05) is 24.3 Å². The van der Waals surface area contributed by atoms with Gasteiger partial charge in [-0.15, -0.1) is 0 Å². The van der Waals surface area contributed by atoms with Crippen molar-refractivity contribution in [3.8, 4) is 23.0 Å². The maximum atomic E-state index is 11.0. The van der Waals surface area contributed by atoms with E-state index in [0.717, 1.165) is 61.5 Å². The molecule has 1 aromatic heterocycles. The third-order valence-corrected chi connectivity index (χ3v) is 10.1. The van der Waals surface area contributed by atoms with Gasteiger partial charge in [-0.2, -0.15) is 0 Å². The van der Waals surface area contributed by atoms with E-state index < -0.39 is 9.85 Å². The van der Waals surface area contributed by atoms with Crippen molar-refractivity contribution < 1.29 is 19.3 Å². The molecule has 5 aliphatic heterocycles. The summed E-state index contributed by atoms with van der Waals surface area (Å²) in [6.45, 7) is 0. The summed E-state index contributed by atoms with van der Waals surface area (Å²) in [6, 6.07) is 32.0. The number of nitrogens with one attached hydrogen (secondary N) is 1. The molecule has 5 aromatic rings. The summed E-state index contributed by atoms with van der Waals surface area (Å²) in [6.07, 6.45) is 14.7. The smallest absolute Gasteiger partial charge is 0.269 e. The van der Waals surface area contributed by atoms with Gasteiger partial charge in [0.25, 0.3) is 11.4 Å². The Morgan fingerprint density at radius 2 is 1.14 bits per heavy atom. The molecule has 10 rings (SSSR count). The molecule has 0 amide bonds. The van der Waals surface area contributed by atoms with Crippen LogP contribution >= 0.6 is 0 Å². The Bertz CT molecular complexity index is 2840. The predicted octanol–water partition coefficient (Wildman–Crippen LogP) is 7.68. The molecule has 12 nitrogen and oxygen atoms in total. The number of rotatable bonds is 8. The molecule has 2 atom stereocenters. The van der Waals surface area contributed by atoms with Crippen LogP contribution in [-0.2, 0) is 0 Å². The highest BCUT2D eigenvalue weighted by atomic mass is 16.6. The Kier molecular flexibility index (Phi) is 7.56. The average Bonchev–Trinajstić information content (AvgIpc) is 3.75. The Morgan fingerprint density at radius 1 is 0.589 bits per heavy atom. The van der Waals surface area contributed by atoms with E-state index in [2.05, 4.69) is 22.0 Å². The molecular formula is C44H28N6O6. The number of allylic oxidation sites excluding steroid dienone is 5. The number of fused-ring (bicyclic) bond motifs is 5. The number of benzene rings is 4. The molecule has 1 N–H and O–H groups in total. The molecule has 6 heterocycles. The van der Waals surface area contributed by atoms with Gasteiger partial charge < -0.3 is 19.4 Å². The van der Waals surface area contributed by atoms with Gasteiger partial charge in [0.05, 0.1) is 44.7 Å². The summed E-state index contributed by atoms with van der Waals surface area (Å²) >= 11 is 0. The van der Waals surface area contributed by atoms with Crippen molar-refractivity contribution in [1.82, 2.24) is 9.88 Å². The third-order valence-electron chi connectivity index (χ3n) is 10.1. The van der Waals surface area contributed by atoms with Crippen LogP contribution < -0.4 is 20.2 Å². The molecule has 6 bridgehead atoms. The van der Waals surface area contributed by atoms with Gasteiger partial charge in [-0.25, -0.2) is 9.98 Å². The number of hydrogen-bond donors (Lipinski definition) is 1. The van der Waals surface area contributed by atoms with E-state index in [9.17, 15) is 20.2 Å². The number of non-ortho nitro benzene ring substituents is 2. The number of aromatic nitrogens is 1.